The molecule has 2 N–H and O–H groups in total. The van der Waals surface area contributed by atoms with Gasteiger partial charge in [-0.05, 0) is 51.0 Å². The summed E-state index contributed by atoms with van der Waals surface area (Å²) >= 11 is 0. The van der Waals surface area contributed by atoms with Crippen LogP contribution in [0.1, 0.15) is 26.7 Å². The van der Waals surface area contributed by atoms with E-state index in [-0.39, 0.29) is 0 Å². The summed E-state index contributed by atoms with van der Waals surface area (Å²) in [6.07, 6.45) is 1.39. The number of rotatable bonds is 5. The summed E-state index contributed by atoms with van der Waals surface area (Å²) in [6.45, 7) is 5.93. The van der Waals surface area contributed by atoms with Crippen LogP contribution in [0.2, 0.25) is 0 Å². The minimum absolute atomic E-state index is 0.298. The Morgan fingerprint density at radius 2 is 1.80 bits per heavy atom. The van der Waals surface area contributed by atoms with Crippen LogP contribution >= 0.6 is 0 Å². The van der Waals surface area contributed by atoms with E-state index < -0.39 is 15.6 Å². The topological polar surface area (TPSA) is 67.4 Å². The van der Waals surface area contributed by atoms with Crippen molar-refractivity contribution in [1.82, 2.24) is 4.72 Å². The number of hydrogen-bond acceptors (Lipinski definition) is 4. The van der Waals surface area contributed by atoms with Crippen LogP contribution in [0.3, 0.4) is 0 Å². The SMILES string of the molecule is CCNc1ccc(S(=O)(=O)NC2(C)CCOCC2)cc1. The van der Waals surface area contributed by atoms with Crippen molar-refractivity contribution in [2.24, 2.45) is 0 Å². The van der Waals surface area contributed by atoms with Crippen LogP contribution in [0.25, 0.3) is 0 Å². The summed E-state index contributed by atoms with van der Waals surface area (Å²) < 4.78 is 32.9. The fourth-order valence-corrected chi connectivity index (χ4v) is 3.73. The second kappa shape index (κ2) is 6.11. The summed E-state index contributed by atoms with van der Waals surface area (Å²) in [5.74, 6) is 0. The maximum absolute atomic E-state index is 12.4. The third-order valence-electron chi connectivity index (χ3n) is 3.52. The lowest BCUT2D eigenvalue weighted by Crippen LogP contribution is -2.49. The molecule has 112 valence electrons. The zero-order chi connectivity index (χ0) is 14.6. The third kappa shape index (κ3) is 3.71. The number of anilines is 1. The van der Waals surface area contributed by atoms with E-state index in [1.165, 1.54) is 0 Å². The van der Waals surface area contributed by atoms with E-state index in [2.05, 4.69) is 10.0 Å². The standard InChI is InChI=1S/C14H22N2O3S/c1-3-15-12-4-6-13(7-5-12)20(17,18)16-14(2)8-10-19-11-9-14/h4-7,15-16H,3,8-11H2,1-2H3. The quantitative estimate of drug-likeness (QED) is 0.872. The van der Waals surface area contributed by atoms with Gasteiger partial charge < -0.3 is 10.1 Å². The Labute approximate surface area is 120 Å². The number of nitrogens with one attached hydrogen (secondary N) is 2. The molecule has 2 rings (SSSR count). The minimum atomic E-state index is -3.48. The van der Waals surface area contributed by atoms with Crippen LogP contribution in [-0.2, 0) is 14.8 Å². The van der Waals surface area contributed by atoms with E-state index in [1.54, 1.807) is 24.3 Å². The van der Waals surface area contributed by atoms with Crippen molar-refractivity contribution in [3.8, 4) is 0 Å². The molecule has 1 aliphatic heterocycles. The Morgan fingerprint density at radius 1 is 1.20 bits per heavy atom. The predicted octanol–water partition coefficient (Wildman–Crippen LogP) is 1.97. The first-order valence-corrected chi connectivity index (χ1v) is 8.39. The molecule has 0 aliphatic carbocycles. The highest BCUT2D eigenvalue weighted by atomic mass is 32.2. The van der Waals surface area contributed by atoms with Gasteiger partial charge in [-0.2, -0.15) is 0 Å². The van der Waals surface area contributed by atoms with Crippen molar-refractivity contribution in [1.29, 1.82) is 0 Å². The molecule has 6 heteroatoms. The van der Waals surface area contributed by atoms with E-state index in [9.17, 15) is 8.42 Å². The fourth-order valence-electron chi connectivity index (χ4n) is 2.26. The van der Waals surface area contributed by atoms with Gasteiger partial charge >= 0.3 is 0 Å². The monoisotopic (exact) mass is 298 g/mol. The average molecular weight is 298 g/mol. The highest BCUT2D eigenvalue weighted by Gasteiger charge is 2.32. The van der Waals surface area contributed by atoms with Gasteiger partial charge in [-0.1, -0.05) is 0 Å². The molecule has 0 saturated carbocycles. The van der Waals surface area contributed by atoms with Gasteiger partial charge in [-0.25, -0.2) is 13.1 Å². The van der Waals surface area contributed by atoms with Crippen LogP contribution in [0, 0.1) is 0 Å². The molecule has 1 fully saturated rings. The second-order valence-electron chi connectivity index (χ2n) is 5.33. The van der Waals surface area contributed by atoms with Gasteiger partial charge in [0, 0.05) is 31.0 Å². The van der Waals surface area contributed by atoms with Crippen molar-refractivity contribution in [3.63, 3.8) is 0 Å². The molecule has 1 aromatic rings. The van der Waals surface area contributed by atoms with Gasteiger partial charge in [0.2, 0.25) is 10.0 Å². The first-order valence-electron chi connectivity index (χ1n) is 6.91. The molecule has 0 unspecified atom stereocenters. The van der Waals surface area contributed by atoms with Crippen LogP contribution < -0.4 is 10.0 Å². The molecule has 20 heavy (non-hydrogen) atoms. The summed E-state index contributed by atoms with van der Waals surface area (Å²) in [7, 11) is -3.48. The van der Waals surface area contributed by atoms with Gasteiger partial charge in [0.15, 0.2) is 0 Å². The molecule has 1 saturated heterocycles. The van der Waals surface area contributed by atoms with Gasteiger partial charge in [-0.3, -0.25) is 0 Å². The van der Waals surface area contributed by atoms with Crippen molar-refractivity contribution in [2.75, 3.05) is 25.1 Å². The van der Waals surface area contributed by atoms with Crippen LogP contribution in [0.5, 0.6) is 0 Å². The van der Waals surface area contributed by atoms with E-state index in [0.717, 1.165) is 12.2 Å². The zero-order valence-electron chi connectivity index (χ0n) is 12.0. The fraction of sp³-hybridized carbons (Fsp3) is 0.571. The summed E-state index contributed by atoms with van der Waals surface area (Å²) in [6, 6.07) is 6.82. The summed E-state index contributed by atoms with van der Waals surface area (Å²) in [5.41, 5.74) is 0.501. The Kier molecular flexibility index (Phi) is 4.67. The van der Waals surface area contributed by atoms with Crippen molar-refractivity contribution in [2.45, 2.75) is 37.1 Å². The molecular formula is C14H22N2O3S. The molecule has 5 nitrogen and oxygen atoms in total. The van der Waals surface area contributed by atoms with Crippen LogP contribution in [0.15, 0.2) is 29.2 Å². The first-order chi connectivity index (χ1) is 9.45. The molecular weight excluding hydrogens is 276 g/mol. The Bertz CT molecular complexity index is 534. The van der Waals surface area contributed by atoms with Crippen molar-refractivity contribution in [3.05, 3.63) is 24.3 Å². The number of hydrogen-bond donors (Lipinski definition) is 2. The van der Waals surface area contributed by atoms with Crippen molar-refractivity contribution < 1.29 is 13.2 Å². The van der Waals surface area contributed by atoms with Gasteiger partial charge in [-0.15, -0.1) is 0 Å². The summed E-state index contributed by atoms with van der Waals surface area (Å²) in [4.78, 5) is 0.298. The molecule has 0 atom stereocenters. The lowest BCUT2D eigenvalue weighted by molar-refractivity contribution is 0.0537. The highest BCUT2D eigenvalue weighted by molar-refractivity contribution is 7.89. The van der Waals surface area contributed by atoms with Gasteiger partial charge in [0.05, 0.1) is 4.90 Å². The number of benzene rings is 1. The molecule has 1 aromatic carbocycles. The maximum atomic E-state index is 12.4. The Hall–Kier alpha value is -1.11. The van der Waals surface area contributed by atoms with Crippen LogP contribution in [0.4, 0.5) is 5.69 Å². The number of ether oxygens (including phenoxy) is 1. The van der Waals surface area contributed by atoms with E-state index in [0.29, 0.717) is 31.0 Å². The normalized spacial score (nSPS) is 18.7. The van der Waals surface area contributed by atoms with Gasteiger partial charge in [0.1, 0.15) is 0 Å². The second-order valence-corrected chi connectivity index (χ2v) is 7.02. The predicted molar refractivity (Wildman–Crippen MR) is 79.4 cm³/mol. The molecule has 0 bridgehead atoms. The Morgan fingerprint density at radius 3 is 2.35 bits per heavy atom. The average Bonchev–Trinajstić information content (AvgIpc) is 2.39. The smallest absolute Gasteiger partial charge is 0.241 e. The molecule has 0 radical (unpaired) electrons. The molecule has 1 aliphatic rings. The maximum Gasteiger partial charge on any atom is 0.241 e. The van der Waals surface area contributed by atoms with E-state index >= 15 is 0 Å². The summed E-state index contributed by atoms with van der Waals surface area (Å²) in [5, 5.41) is 3.14. The zero-order valence-corrected chi connectivity index (χ0v) is 12.8. The molecule has 0 amide bonds. The van der Waals surface area contributed by atoms with E-state index in [1.807, 2.05) is 13.8 Å². The largest absolute Gasteiger partial charge is 0.385 e. The molecule has 0 spiro atoms. The minimum Gasteiger partial charge on any atom is -0.385 e. The van der Waals surface area contributed by atoms with Gasteiger partial charge in [0.25, 0.3) is 0 Å². The molecule has 1 heterocycles. The van der Waals surface area contributed by atoms with Crippen molar-refractivity contribution >= 4 is 15.7 Å². The lowest BCUT2D eigenvalue weighted by atomic mass is 9.94. The first kappa shape index (κ1) is 15.3. The molecule has 0 aromatic heterocycles. The number of sulfonamides is 1. The highest BCUT2D eigenvalue weighted by Crippen LogP contribution is 2.23. The lowest BCUT2D eigenvalue weighted by Gasteiger charge is -2.34. The van der Waals surface area contributed by atoms with E-state index in [4.69, 9.17) is 4.74 Å². The van der Waals surface area contributed by atoms with Crippen LogP contribution in [-0.4, -0.2) is 33.7 Å². The Balaban J connectivity index is 2.13. The third-order valence-corrected chi connectivity index (χ3v) is 5.18.